The summed E-state index contributed by atoms with van der Waals surface area (Å²) >= 11 is 0. The SMILES string of the molecule is CCCCCCCC/C=C\CCCCCCCC(=O)O.O=C(O)C(=O)O.[LiH].[LiH]. The molecule has 6 nitrogen and oxygen atoms in total. The van der Waals surface area contributed by atoms with Crippen molar-refractivity contribution in [3.05, 3.63) is 12.2 Å². The van der Waals surface area contributed by atoms with Crippen LogP contribution in [0.5, 0.6) is 0 Å². The van der Waals surface area contributed by atoms with Gasteiger partial charge >= 0.3 is 55.6 Å². The molecule has 0 unspecified atom stereocenters. The number of aliphatic carboxylic acids is 3. The van der Waals surface area contributed by atoms with Crippen LogP contribution in [0.1, 0.15) is 96.8 Å². The first-order chi connectivity index (χ1) is 12.4. The monoisotopic (exact) mass is 388 g/mol. The van der Waals surface area contributed by atoms with Gasteiger partial charge in [0.2, 0.25) is 0 Å². The van der Waals surface area contributed by atoms with Crippen LogP contribution in [-0.4, -0.2) is 70.9 Å². The molecule has 0 aliphatic rings. The molecular weight excluding hydrogens is 350 g/mol. The third kappa shape index (κ3) is 36.3. The summed E-state index contributed by atoms with van der Waals surface area (Å²) in [6.45, 7) is 2.26. The Balaban J connectivity index is -0.000000312. The van der Waals surface area contributed by atoms with Crippen molar-refractivity contribution in [3.63, 3.8) is 0 Å². The molecule has 0 heterocycles. The third-order valence-electron chi connectivity index (χ3n) is 3.84. The molecule has 0 aromatic rings. The molecule has 0 amide bonds. The summed E-state index contributed by atoms with van der Waals surface area (Å²) in [6.07, 6.45) is 21.2. The standard InChI is InChI=1S/C18H34O2.C2H2O4.2Li.2H/c1-2-3-4-5-6-7-8-9-10-11-12-13-14-15-16-17-18(19)20;3-1(4)2(5)6;;;;/h9-10H,2-8,11-17H2,1H3,(H,19,20);(H,3,4)(H,5,6);;;;/b10-9-;;;;;. The molecule has 0 aliphatic carbocycles. The van der Waals surface area contributed by atoms with E-state index in [4.69, 9.17) is 24.9 Å². The van der Waals surface area contributed by atoms with Crippen LogP contribution >= 0.6 is 0 Å². The Morgan fingerprint density at radius 2 is 0.964 bits per heavy atom. The molecule has 0 spiro atoms. The second-order valence-corrected chi connectivity index (χ2v) is 6.34. The Morgan fingerprint density at radius 1 is 0.607 bits per heavy atom. The van der Waals surface area contributed by atoms with E-state index in [2.05, 4.69) is 19.1 Å². The van der Waals surface area contributed by atoms with Crippen molar-refractivity contribution in [2.75, 3.05) is 0 Å². The van der Waals surface area contributed by atoms with Crippen molar-refractivity contribution in [1.82, 2.24) is 0 Å². The van der Waals surface area contributed by atoms with Gasteiger partial charge in [0, 0.05) is 6.42 Å². The van der Waals surface area contributed by atoms with Gasteiger partial charge in [-0.3, -0.25) is 4.79 Å². The summed E-state index contributed by atoms with van der Waals surface area (Å²) in [4.78, 5) is 28.5. The zero-order chi connectivity index (χ0) is 20.0. The number of hydrogen-bond acceptors (Lipinski definition) is 3. The molecule has 28 heavy (non-hydrogen) atoms. The van der Waals surface area contributed by atoms with Crippen LogP contribution in [0.3, 0.4) is 0 Å². The zero-order valence-electron chi connectivity index (χ0n) is 16.1. The van der Waals surface area contributed by atoms with Gasteiger partial charge in [0.1, 0.15) is 0 Å². The van der Waals surface area contributed by atoms with Gasteiger partial charge in [-0.15, -0.1) is 0 Å². The van der Waals surface area contributed by atoms with Crippen LogP contribution in [0.4, 0.5) is 0 Å². The third-order valence-corrected chi connectivity index (χ3v) is 3.84. The molecule has 0 aromatic heterocycles. The van der Waals surface area contributed by atoms with Gasteiger partial charge in [-0.2, -0.15) is 0 Å². The Labute approximate surface area is 193 Å². The Hall–Kier alpha value is -0.655. The van der Waals surface area contributed by atoms with Gasteiger partial charge in [-0.05, 0) is 32.1 Å². The predicted molar refractivity (Wildman–Crippen MR) is 117 cm³/mol. The van der Waals surface area contributed by atoms with Gasteiger partial charge < -0.3 is 15.3 Å². The number of carboxylic acids is 3. The van der Waals surface area contributed by atoms with E-state index < -0.39 is 17.9 Å². The van der Waals surface area contributed by atoms with E-state index in [-0.39, 0.29) is 37.7 Å². The van der Waals surface area contributed by atoms with E-state index in [0.29, 0.717) is 6.42 Å². The molecule has 0 fully saturated rings. The second kappa shape index (κ2) is 28.6. The average molecular weight is 388 g/mol. The number of carbonyl (C=O) groups is 3. The molecule has 0 atom stereocenters. The summed E-state index contributed by atoms with van der Waals surface area (Å²) in [6, 6.07) is 0. The fourth-order valence-corrected chi connectivity index (χ4v) is 2.35. The molecule has 0 aromatic carbocycles. The molecule has 8 heteroatoms. The Bertz CT molecular complexity index is 388. The van der Waals surface area contributed by atoms with Crippen molar-refractivity contribution in [3.8, 4) is 0 Å². The van der Waals surface area contributed by atoms with E-state index in [0.717, 1.165) is 12.8 Å². The van der Waals surface area contributed by atoms with Gasteiger partial charge in [0.05, 0.1) is 0 Å². The molecule has 0 rings (SSSR count). The van der Waals surface area contributed by atoms with Crippen LogP contribution < -0.4 is 0 Å². The van der Waals surface area contributed by atoms with E-state index in [1.54, 1.807) is 0 Å². The van der Waals surface area contributed by atoms with Crippen LogP contribution in [0.25, 0.3) is 0 Å². The fraction of sp³-hybridized carbons (Fsp3) is 0.750. The molecule has 0 radical (unpaired) electrons. The van der Waals surface area contributed by atoms with Crippen LogP contribution in [0.2, 0.25) is 0 Å². The maximum absolute atomic E-state index is 10.3. The van der Waals surface area contributed by atoms with E-state index in [9.17, 15) is 4.79 Å². The van der Waals surface area contributed by atoms with Crippen LogP contribution in [0, 0.1) is 0 Å². The Kier molecular flexibility index (Phi) is 35.5. The van der Waals surface area contributed by atoms with E-state index in [1.807, 2.05) is 0 Å². The summed E-state index contributed by atoms with van der Waals surface area (Å²) in [5, 5.41) is 23.3. The molecule has 156 valence electrons. The molecule has 0 bridgehead atoms. The number of carboxylic acid groups (broad SMARTS) is 3. The summed E-state index contributed by atoms with van der Waals surface area (Å²) in [5.41, 5.74) is 0. The number of unbranched alkanes of at least 4 members (excludes halogenated alkanes) is 11. The van der Waals surface area contributed by atoms with Gasteiger partial charge in [0.25, 0.3) is 0 Å². The van der Waals surface area contributed by atoms with Crippen molar-refractivity contribution < 1.29 is 29.7 Å². The van der Waals surface area contributed by atoms with E-state index in [1.165, 1.54) is 70.6 Å². The first-order valence-electron chi connectivity index (χ1n) is 9.74. The van der Waals surface area contributed by atoms with Gasteiger partial charge in [0.15, 0.2) is 0 Å². The molecular formula is C20H38Li2O6. The Morgan fingerprint density at radius 3 is 1.32 bits per heavy atom. The van der Waals surface area contributed by atoms with Crippen molar-refractivity contribution in [1.29, 1.82) is 0 Å². The number of allylic oxidation sites excluding steroid dienone is 2. The summed E-state index contributed by atoms with van der Waals surface area (Å²) in [7, 11) is 0. The first-order valence-corrected chi connectivity index (χ1v) is 9.74. The van der Waals surface area contributed by atoms with Gasteiger partial charge in [-0.25, -0.2) is 9.59 Å². The molecule has 0 saturated heterocycles. The fourth-order valence-electron chi connectivity index (χ4n) is 2.35. The predicted octanol–water partition coefficient (Wildman–Crippen LogP) is 3.97. The molecule has 0 saturated carbocycles. The van der Waals surface area contributed by atoms with E-state index >= 15 is 0 Å². The summed E-state index contributed by atoms with van der Waals surface area (Å²) < 4.78 is 0. The maximum atomic E-state index is 10.3. The molecule has 3 N–H and O–H groups in total. The van der Waals surface area contributed by atoms with Gasteiger partial charge in [-0.1, -0.05) is 70.4 Å². The van der Waals surface area contributed by atoms with Crippen molar-refractivity contribution >= 4 is 55.6 Å². The average Bonchev–Trinajstić information content (AvgIpc) is 2.58. The topological polar surface area (TPSA) is 112 Å². The number of rotatable bonds is 15. The minimum absolute atomic E-state index is 0. The van der Waals surface area contributed by atoms with Crippen LogP contribution in [-0.2, 0) is 14.4 Å². The minimum atomic E-state index is -1.82. The first kappa shape index (κ1) is 34.8. The second-order valence-electron chi connectivity index (χ2n) is 6.34. The van der Waals surface area contributed by atoms with Crippen molar-refractivity contribution in [2.24, 2.45) is 0 Å². The molecule has 0 aliphatic heterocycles. The van der Waals surface area contributed by atoms with Crippen LogP contribution in [0.15, 0.2) is 12.2 Å². The van der Waals surface area contributed by atoms with Crippen molar-refractivity contribution in [2.45, 2.75) is 96.8 Å². The summed E-state index contributed by atoms with van der Waals surface area (Å²) in [5.74, 6) is -4.31. The number of hydrogen-bond donors (Lipinski definition) is 3. The normalized spacial score (nSPS) is 9.61. The quantitative estimate of drug-likeness (QED) is 0.169. The zero-order valence-corrected chi connectivity index (χ0v) is 16.1.